The molecule has 0 bridgehead atoms. The predicted octanol–water partition coefficient (Wildman–Crippen LogP) is 4.49. The molecule has 0 aromatic heterocycles. The minimum atomic E-state index is -0.332. The van der Waals surface area contributed by atoms with Crippen LogP contribution in [0.3, 0.4) is 0 Å². The Balaban J connectivity index is 1.99. The standard InChI is InChI=1S/C15H13BrFNOS/c1-20-12-5-3-11(4-6-12)18-15(19)9-10-2-7-14(17)13(16)8-10/h2-8H,9H2,1H3,(H,18,19). The van der Waals surface area contributed by atoms with Crippen LogP contribution in [0, 0.1) is 5.82 Å². The van der Waals surface area contributed by atoms with Crippen LogP contribution in [-0.2, 0) is 11.2 Å². The summed E-state index contributed by atoms with van der Waals surface area (Å²) in [4.78, 5) is 13.1. The van der Waals surface area contributed by atoms with E-state index in [9.17, 15) is 9.18 Å². The van der Waals surface area contributed by atoms with Crippen LogP contribution in [0.2, 0.25) is 0 Å². The maximum atomic E-state index is 13.1. The minimum absolute atomic E-state index is 0.125. The highest BCUT2D eigenvalue weighted by molar-refractivity contribution is 9.10. The van der Waals surface area contributed by atoms with Gasteiger partial charge in [-0.15, -0.1) is 11.8 Å². The van der Waals surface area contributed by atoms with Crippen LogP contribution in [0.15, 0.2) is 51.8 Å². The molecule has 2 nitrogen and oxygen atoms in total. The van der Waals surface area contributed by atoms with E-state index in [0.29, 0.717) is 4.47 Å². The number of halogens is 2. The maximum Gasteiger partial charge on any atom is 0.228 e. The van der Waals surface area contributed by atoms with Crippen molar-refractivity contribution >= 4 is 39.3 Å². The summed E-state index contributed by atoms with van der Waals surface area (Å²) in [6.07, 6.45) is 2.21. The average Bonchev–Trinajstić information content (AvgIpc) is 2.44. The van der Waals surface area contributed by atoms with Crippen molar-refractivity contribution in [1.29, 1.82) is 0 Å². The van der Waals surface area contributed by atoms with E-state index in [1.165, 1.54) is 6.07 Å². The van der Waals surface area contributed by atoms with Crippen LogP contribution in [0.5, 0.6) is 0 Å². The fraction of sp³-hybridized carbons (Fsp3) is 0.133. The zero-order valence-electron chi connectivity index (χ0n) is 10.8. The van der Waals surface area contributed by atoms with E-state index in [2.05, 4.69) is 21.2 Å². The summed E-state index contributed by atoms with van der Waals surface area (Å²) in [7, 11) is 0. The lowest BCUT2D eigenvalue weighted by molar-refractivity contribution is -0.115. The number of carbonyl (C=O) groups excluding carboxylic acids is 1. The first-order valence-corrected chi connectivity index (χ1v) is 7.98. The molecule has 0 saturated heterocycles. The summed E-state index contributed by atoms with van der Waals surface area (Å²) < 4.78 is 13.5. The van der Waals surface area contributed by atoms with Gasteiger partial charge in [0.1, 0.15) is 5.82 Å². The van der Waals surface area contributed by atoms with E-state index in [0.717, 1.165) is 16.1 Å². The van der Waals surface area contributed by atoms with Crippen LogP contribution in [0.25, 0.3) is 0 Å². The SMILES string of the molecule is CSc1ccc(NC(=O)Cc2ccc(F)c(Br)c2)cc1. The molecule has 0 heterocycles. The molecule has 5 heteroatoms. The zero-order chi connectivity index (χ0) is 14.5. The Morgan fingerprint density at radius 2 is 1.95 bits per heavy atom. The zero-order valence-corrected chi connectivity index (χ0v) is 13.2. The molecule has 0 aliphatic carbocycles. The van der Waals surface area contributed by atoms with Crippen molar-refractivity contribution in [2.24, 2.45) is 0 Å². The van der Waals surface area contributed by atoms with Gasteiger partial charge in [0.2, 0.25) is 5.91 Å². The lowest BCUT2D eigenvalue weighted by atomic mass is 10.1. The van der Waals surface area contributed by atoms with Crippen molar-refractivity contribution in [3.63, 3.8) is 0 Å². The third kappa shape index (κ3) is 4.08. The third-order valence-corrected chi connectivity index (χ3v) is 4.07. The summed E-state index contributed by atoms with van der Waals surface area (Å²) in [5, 5.41) is 2.82. The number of nitrogens with one attached hydrogen (secondary N) is 1. The number of hydrogen-bond donors (Lipinski definition) is 1. The van der Waals surface area contributed by atoms with Crippen LogP contribution < -0.4 is 5.32 Å². The molecule has 104 valence electrons. The Hall–Kier alpha value is -1.33. The molecule has 2 aromatic carbocycles. The monoisotopic (exact) mass is 353 g/mol. The molecule has 1 amide bonds. The molecular formula is C15H13BrFNOS. The lowest BCUT2D eigenvalue weighted by Crippen LogP contribution is -2.14. The van der Waals surface area contributed by atoms with E-state index in [4.69, 9.17) is 0 Å². The molecule has 0 radical (unpaired) electrons. The van der Waals surface area contributed by atoms with E-state index in [1.807, 2.05) is 30.5 Å². The van der Waals surface area contributed by atoms with E-state index < -0.39 is 0 Å². The molecule has 0 fully saturated rings. The van der Waals surface area contributed by atoms with Gasteiger partial charge in [0.15, 0.2) is 0 Å². The lowest BCUT2D eigenvalue weighted by Gasteiger charge is -2.06. The smallest absolute Gasteiger partial charge is 0.228 e. The Bertz CT molecular complexity index is 616. The first-order valence-electron chi connectivity index (χ1n) is 5.96. The average molecular weight is 354 g/mol. The molecule has 2 aromatic rings. The van der Waals surface area contributed by atoms with Gasteiger partial charge >= 0.3 is 0 Å². The van der Waals surface area contributed by atoms with Crippen LogP contribution >= 0.6 is 27.7 Å². The normalized spacial score (nSPS) is 10.3. The Morgan fingerprint density at radius 3 is 2.55 bits per heavy atom. The molecule has 0 aliphatic heterocycles. The number of benzene rings is 2. The second-order valence-electron chi connectivity index (χ2n) is 4.20. The molecule has 20 heavy (non-hydrogen) atoms. The second kappa shape index (κ2) is 6.90. The van der Waals surface area contributed by atoms with Gasteiger partial charge in [0, 0.05) is 10.6 Å². The summed E-state index contributed by atoms with van der Waals surface area (Å²) in [6.45, 7) is 0. The van der Waals surface area contributed by atoms with Gasteiger partial charge in [-0.05, 0) is 64.1 Å². The summed E-state index contributed by atoms with van der Waals surface area (Å²) in [6, 6.07) is 12.2. The Labute approximate surface area is 129 Å². The highest BCUT2D eigenvalue weighted by Gasteiger charge is 2.06. The van der Waals surface area contributed by atoms with Crippen molar-refractivity contribution in [3.8, 4) is 0 Å². The first kappa shape index (κ1) is 15.1. The predicted molar refractivity (Wildman–Crippen MR) is 84.7 cm³/mol. The molecule has 1 N–H and O–H groups in total. The van der Waals surface area contributed by atoms with Gasteiger partial charge in [0.25, 0.3) is 0 Å². The molecule has 2 rings (SSSR count). The Morgan fingerprint density at radius 1 is 1.25 bits per heavy atom. The van der Waals surface area contributed by atoms with Crippen LogP contribution in [0.4, 0.5) is 10.1 Å². The molecule has 0 atom stereocenters. The number of hydrogen-bond acceptors (Lipinski definition) is 2. The largest absolute Gasteiger partial charge is 0.326 e. The van der Waals surface area contributed by atoms with Gasteiger partial charge in [-0.3, -0.25) is 4.79 Å². The van der Waals surface area contributed by atoms with Crippen LogP contribution in [0.1, 0.15) is 5.56 Å². The maximum absolute atomic E-state index is 13.1. The number of rotatable bonds is 4. The number of anilines is 1. The van der Waals surface area contributed by atoms with Crippen molar-refractivity contribution in [2.75, 3.05) is 11.6 Å². The summed E-state index contributed by atoms with van der Waals surface area (Å²) in [5.41, 5.74) is 1.52. The van der Waals surface area contributed by atoms with E-state index in [-0.39, 0.29) is 18.1 Å². The number of amides is 1. The van der Waals surface area contributed by atoms with Crippen molar-refractivity contribution < 1.29 is 9.18 Å². The summed E-state index contributed by atoms with van der Waals surface area (Å²) in [5.74, 6) is -0.456. The van der Waals surface area contributed by atoms with Gasteiger partial charge in [0.05, 0.1) is 10.9 Å². The topological polar surface area (TPSA) is 29.1 Å². The van der Waals surface area contributed by atoms with E-state index in [1.54, 1.807) is 23.9 Å². The highest BCUT2D eigenvalue weighted by atomic mass is 79.9. The molecular weight excluding hydrogens is 341 g/mol. The molecule has 0 spiro atoms. The van der Waals surface area contributed by atoms with Crippen molar-refractivity contribution in [2.45, 2.75) is 11.3 Å². The number of carbonyl (C=O) groups is 1. The fourth-order valence-corrected chi connectivity index (χ4v) is 2.55. The van der Waals surface area contributed by atoms with Gasteiger partial charge < -0.3 is 5.32 Å². The third-order valence-electron chi connectivity index (χ3n) is 2.72. The molecule has 0 unspecified atom stereocenters. The van der Waals surface area contributed by atoms with Crippen molar-refractivity contribution in [3.05, 3.63) is 58.3 Å². The fourth-order valence-electron chi connectivity index (χ4n) is 1.71. The summed E-state index contributed by atoms with van der Waals surface area (Å²) >= 11 is 4.76. The minimum Gasteiger partial charge on any atom is -0.326 e. The van der Waals surface area contributed by atoms with Gasteiger partial charge in [-0.25, -0.2) is 4.39 Å². The molecule has 0 saturated carbocycles. The Kier molecular flexibility index (Phi) is 5.20. The highest BCUT2D eigenvalue weighted by Crippen LogP contribution is 2.19. The van der Waals surface area contributed by atoms with Crippen molar-refractivity contribution in [1.82, 2.24) is 0 Å². The van der Waals surface area contributed by atoms with Gasteiger partial charge in [-0.2, -0.15) is 0 Å². The number of thioether (sulfide) groups is 1. The first-order chi connectivity index (χ1) is 9.58. The van der Waals surface area contributed by atoms with E-state index >= 15 is 0 Å². The second-order valence-corrected chi connectivity index (χ2v) is 5.94. The van der Waals surface area contributed by atoms with Gasteiger partial charge in [-0.1, -0.05) is 6.07 Å². The quantitative estimate of drug-likeness (QED) is 0.820. The molecule has 0 aliphatic rings. The van der Waals surface area contributed by atoms with Crippen LogP contribution in [-0.4, -0.2) is 12.2 Å².